The highest BCUT2D eigenvalue weighted by atomic mass is 16.6. The van der Waals surface area contributed by atoms with Gasteiger partial charge in [-0.2, -0.15) is 4.98 Å². The molecule has 5 atom stereocenters. The fourth-order valence-electron chi connectivity index (χ4n) is 3.13. The first kappa shape index (κ1) is 21.6. The van der Waals surface area contributed by atoms with Crippen LogP contribution in [-0.2, 0) is 11.2 Å². The molecule has 0 radical (unpaired) electrons. The Bertz CT molecular complexity index is 656. The van der Waals surface area contributed by atoms with Crippen molar-refractivity contribution in [1.82, 2.24) is 4.98 Å². The van der Waals surface area contributed by atoms with Gasteiger partial charge in [-0.3, -0.25) is 0 Å². The molecular weight excluding hydrogens is 354 g/mol. The molecule has 1 aliphatic rings. The number of aliphatic hydroxyl groups is 4. The summed E-state index contributed by atoms with van der Waals surface area (Å²) < 4.78 is 10.6. The van der Waals surface area contributed by atoms with E-state index in [9.17, 15) is 25.5 Å². The summed E-state index contributed by atoms with van der Waals surface area (Å²) in [4.78, 5) is 3.71. The monoisotopic (exact) mass is 383 g/mol. The molecule has 5 N–H and O–H groups in total. The molecule has 152 valence electrons. The van der Waals surface area contributed by atoms with E-state index in [2.05, 4.69) is 4.98 Å². The molecule has 0 amide bonds. The van der Waals surface area contributed by atoms with Crippen molar-refractivity contribution in [1.29, 1.82) is 0 Å². The van der Waals surface area contributed by atoms with Gasteiger partial charge in [-0.25, -0.2) is 0 Å². The third kappa shape index (κ3) is 6.75. The lowest BCUT2D eigenvalue weighted by Crippen LogP contribution is -2.51. The van der Waals surface area contributed by atoms with E-state index in [1.165, 1.54) is 0 Å². The Morgan fingerprint density at radius 1 is 1.44 bits per heavy atom. The Kier molecular flexibility index (Phi) is 7.58. The number of ether oxygens (including phenoxy) is 1. The Labute approximate surface area is 158 Å². The molecule has 0 aliphatic carbocycles. The lowest BCUT2D eigenvalue weighted by molar-refractivity contribution is -0.283. The summed E-state index contributed by atoms with van der Waals surface area (Å²) in [5.41, 5.74) is 0.725. The lowest BCUT2D eigenvalue weighted by Gasteiger charge is -2.40. The van der Waals surface area contributed by atoms with Crippen LogP contribution in [0.1, 0.15) is 45.4 Å². The lowest BCUT2D eigenvalue weighted by atomic mass is 9.93. The van der Waals surface area contributed by atoms with Crippen LogP contribution in [0.4, 0.5) is 0 Å². The van der Waals surface area contributed by atoms with Crippen LogP contribution in [0, 0.1) is 0 Å². The third-order valence-corrected chi connectivity index (χ3v) is 4.38. The maximum absolute atomic E-state index is 10.7. The Morgan fingerprint density at radius 3 is 2.81 bits per heavy atom. The molecule has 27 heavy (non-hydrogen) atoms. The number of allylic oxidation sites excluding steroid dienone is 2. The smallest absolute Gasteiger partial charge is 0.250 e. The van der Waals surface area contributed by atoms with Crippen molar-refractivity contribution >= 4 is 0 Å². The minimum atomic E-state index is -1.77. The minimum Gasteiger partial charge on any atom is -0.491 e. The number of aliphatic hydroxyl groups excluding tert-OH is 3. The topological polar surface area (TPSA) is 136 Å². The Hall–Kier alpha value is -1.71. The molecule has 1 aliphatic heterocycles. The van der Waals surface area contributed by atoms with Gasteiger partial charge in [0.25, 0.3) is 0 Å². The highest BCUT2D eigenvalue weighted by Crippen LogP contribution is 2.32. The molecule has 8 heteroatoms. The van der Waals surface area contributed by atoms with Gasteiger partial charge in [0.1, 0.15) is 0 Å². The Morgan fingerprint density at radius 2 is 2.19 bits per heavy atom. The van der Waals surface area contributed by atoms with Crippen LogP contribution < -0.4 is 0 Å². The number of hydrogen-bond donors (Lipinski definition) is 5. The maximum atomic E-state index is 10.7. The zero-order valence-electron chi connectivity index (χ0n) is 15.7. The predicted octanol–water partition coefficient (Wildman–Crippen LogP) is 1.18. The predicted molar refractivity (Wildman–Crippen MR) is 96.8 cm³/mol. The SMILES string of the molecule is CCC[C@@H](O)/C=C/C(C)=C/[C@@H](O)[C@H]1C[C@@H](O)C[C@@](O)(Cc2nc(O)co2)O1. The number of nitrogens with zero attached hydrogens (tertiary/aromatic N) is 1. The molecule has 1 aromatic rings. The van der Waals surface area contributed by atoms with Crippen molar-refractivity contribution in [3.05, 3.63) is 36.0 Å². The van der Waals surface area contributed by atoms with Crippen molar-refractivity contribution in [3.63, 3.8) is 0 Å². The van der Waals surface area contributed by atoms with Gasteiger partial charge in [0, 0.05) is 12.8 Å². The number of aromatic hydroxyl groups is 1. The van der Waals surface area contributed by atoms with Crippen molar-refractivity contribution in [2.45, 2.75) is 76.2 Å². The van der Waals surface area contributed by atoms with E-state index in [1.54, 1.807) is 25.2 Å². The molecule has 1 saturated heterocycles. The average Bonchev–Trinajstić information content (AvgIpc) is 2.96. The highest BCUT2D eigenvalue weighted by Gasteiger charge is 2.42. The zero-order valence-corrected chi connectivity index (χ0v) is 15.7. The third-order valence-electron chi connectivity index (χ3n) is 4.38. The van der Waals surface area contributed by atoms with E-state index in [-0.39, 0.29) is 31.0 Å². The summed E-state index contributed by atoms with van der Waals surface area (Å²) in [6.07, 6.45) is 4.12. The summed E-state index contributed by atoms with van der Waals surface area (Å²) >= 11 is 0. The zero-order chi connectivity index (χ0) is 20.0. The van der Waals surface area contributed by atoms with Crippen molar-refractivity contribution in [2.75, 3.05) is 0 Å². The standard InChI is InChI=1S/C19H29NO7/c1-3-4-13(21)6-5-12(2)7-15(23)16-8-14(22)9-19(25,27-16)10-18-20-17(24)11-26-18/h5-7,11,13-16,21-25H,3-4,8-10H2,1-2H3/b6-5+,12-7+/t13-,14-,15-,16-,19+/m1/s1. The van der Waals surface area contributed by atoms with E-state index < -0.39 is 30.2 Å². The minimum absolute atomic E-state index is 0.0643. The van der Waals surface area contributed by atoms with Gasteiger partial charge in [-0.05, 0) is 13.3 Å². The first-order valence-corrected chi connectivity index (χ1v) is 9.15. The van der Waals surface area contributed by atoms with E-state index in [0.717, 1.165) is 18.3 Å². The molecule has 0 aromatic carbocycles. The average molecular weight is 383 g/mol. The fourth-order valence-corrected chi connectivity index (χ4v) is 3.13. The van der Waals surface area contributed by atoms with Gasteiger partial charge in [0.05, 0.1) is 30.8 Å². The quantitative estimate of drug-likeness (QED) is 0.422. The first-order valence-electron chi connectivity index (χ1n) is 9.15. The van der Waals surface area contributed by atoms with Crippen LogP contribution in [0.2, 0.25) is 0 Å². The van der Waals surface area contributed by atoms with Gasteiger partial charge < -0.3 is 34.7 Å². The molecule has 0 bridgehead atoms. The first-order chi connectivity index (χ1) is 12.7. The molecule has 0 spiro atoms. The van der Waals surface area contributed by atoms with Gasteiger partial charge in [-0.15, -0.1) is 0 Å². The molecule has 0 unspecified atom stereocenters. The number of hydrogen-bond acceptors (Lipinski definition) is 8. The molecule has 1 fully saturated rings. The Balaban J connectivity index is 2.02. The highest BCUT2D eigenvalue weighted by molar-refractivity contribution is 5.19. The molecule has 0 saturated carbocycles. The molecular formula is C19H29NO7. The van der Waals surface area contributed by atoms with Gasteiger partial charge >= 0.3 is 0 Å². The van der Waals surface area contributed by atoms with E-state index in [0.29, 0.717) is 6.42 Å². The largest absolute Gasteiger partial charge is 0.491 e. The maximum Gasteiger partial charge on any atom is 0.250 e. The second-order valence-corrected chi connectivity index (χ2v) is 7.09. The second kappa shape index (κ2) is 9.48. The molecule has 2 rings (SSSR count). The number of oxazole rings is 1. The van der Waals surface area contributed by atoms with Gasteiger partial charge in [0.15, 0.2) is 12.1 Å². The molecule has 1 aromatic heterocycles. The summed E-state index contributed by atoms with van der Waals surface area (Å²) in [6, 6.07) is 0. The van der Waals surface area contributed by atoms with Crippen LogP contribution in [-0.4, -0.2) is 60.7 Å². The van der Waals surface area contributed by atoms with Crippen LogP contribution in [0.3, 0.4) is 0 Å². The van der Waals surface area contributed by atoms with Crippen LogP contribution in [0.5, 0.6) is 5.88 Å². The van der Waals surface area contributed by atoms with Crippen LogP contribution in [0.15, 0.2) is 34.5 Å². The molecule has 2 heterocycles. The summed E-state index contributed by atoms with van der Waals surface area (Å²) in [7, 11) is 0. The summed E-state index contributed by atoms with van der Waals surface area (Å²) in [5, 5.41) is 50.1. The van der Waals surface area contributed by atoms with E-state index in [4.69, 9.17) is 9.15 Å². The number of aromatic nitrogens is 1. The van der Waals surface area contributed by atoms with Crippen LogP contribution in [0.25, 0.3) is 0 Å². The summed E-state index contributed by atoms with van der Waals surface area (Å²) in [6.45, 7) is 3.76. The summed E-state index contributed by atoms with van der Waals surface area (Å²) in [5.74, 6) is -2.01. The van der Waals surface area contributed by atoms with Crippen LogP contribution >= 0.6 is 0 Å². The van der Waals surface area contributed by atoms with Crippen molar-refractivity contribution in [3.8, 4) is 5.88 Å². The van der Waals surface area contributed by atoms with E-state index >= 15 is 0 Å². The van der Waals surface area contributed by atoms with Crippen molar-refractivity contribution in [2.24, 2.45) is 0 Å². The van der Waals surface area contributed by atoms with Crippen molar-refractivity contribution < 1.29 is 34.7 Å². The van der Waals surface area contributed by atoms with E-state index in [1.807, 2.05) is 6.92 Å². The molecule has 8 nitrogen and oxygen atoms in total. The van der Waals surface area contributed by atoms with Gasteiger partial charge in [0.2, 0.25) is 11.8 Å². The van der Waals surface area contributed by atoms with Gasteiger partial charge in [-0.1, -0.05) is 37.1 Å². The fraction of sp³-hybridized carbons (Fsp3) is 0.632. The second-order valence-electron chi connectivity index (χ2n) is 7.09. The normalized spacial score (nSPS) is 29.2. The number of rotatable bonds is 8.